The van der Waals surface area contributed by atoms with Gasteiger partial charge in [-0.25, -0.2) is 12.7 Å². The fourth-order valence-electron chi connectivity index (χ4n) is 1.57. The lowest BCUT2D eigenvalue weighted by molar-refractivity contribution is 0.428. The van der Waals surface area contributed by atoms with Crippen molar-refractivity contribution in [3.8, 4) is 0 Å². The third-order valence-corrected chi connectivity index (χ3v) is 4.82. The molecule has 0 unspecified atom stereocenters. The first kappa shape index (κ1) is 14.2. The molecule has 0 N–H and O–H groups in total. The lowest BCUT2D eigenvalue weighted by Crippen LogP contribution is -2.29. The van der Waals surface area contributed by atoms with Crippen LogP contribution < -0.4 is 0 Å². The first-order chi connectivity index (χ1) is 7.85. The van der Waals surface area contributed by atoms with Crippen LogP contribution in [0.2, 0.25) is 0 Å². The maximum absolute atomic E-state index is 12.3. The molecular formula is C13H21NO2S. The quantitative estimate of drug-likeness (QED) is 0.811. The van der Waals surface area contributed by atoms with E-state index < -0.39 is 10.0 Å². The highest BCUT2D eigenvalue weighted by Crippen LogP contribution is 2.18. The summed E-state index contributed by atoms with van der Waals surface area (Å²) in [5.74, 6) is 0.504. The molecule has 0 bridgehead atoms. The molecule has 96 valence electrons. The van der Waals surface area contributed by atoms with E-state index in [1.807, 2.05) is 19.1 Å². The fourth-order valence-corrected chi connectivity index (χ4v) is 2.98. The number of hydrogen-bond donors (Lipinski definition) is 0. The predicted octanol–water partition coefficient (Wildman–Crippen LogP) is 2.66. The summed E-state index contributed by atoms with van der Waals surface area (Å²) >= 11 is 0. The molecule has 3 nitrogen and oxygen atoms in total. The van der Waals surface area contributed by atoms with Crippen LogP contribution in [0.5, 0.6) is 0 Å². The Balaban J connectivity index is 2.92. The minimum Gasteiger partial charge on any atom is -0.207 e. The van der Waals surface area contributed by atoms with Crippen molar-refractivity contribution in [2.75, 3.05) is 13.6 Å². The zero-order valence-electron chi connectivity index (χ0n) is 11.0. The van der Waals surface area contributed by atoms with Crippen molar-refractivity contribution in [3.63, 3.8) is 0 Å². The van der Waals surface area contributed by atoms with Gasteiger partial charge in [0.25, 0.3) is 0 Å². The fraction of sp³-hybridized carbons (Fsp3) is 0.538. The van der Waals surface area contributed by atoms with E-state index in [0.717, 1.165) is 12.0 Å². The van der Waals surface area contributed by atoms with Gasteiger partial charge >= 0.3 is 0 Å². The topological polar surface area (TPSA) is 37.4 Å². The molecule has 0 fully saturated rings. The van der Waals surface area contributed by atoms with Gasteiger partial charge in [0.1, 0.15) is 0 Å². The van der Waals surface area contributed by atoms with Crippen LogP contribution in [-0.4, -0.2) is 26.3 Å². The van der Waals surface area contributed by atoms with Crippen molar-refractivity contribution in [2.24, 2.45) is 5.92 Å². The second-order valence-electron chi connectivity index (χ2n) is 4.77. The molecule has 0 saturated carbocycles. The van der Waals surface area contributed by atoms with Gasteiger partial charge in [0.05, 0.1) is 4.90 Å². The van der Waals surface area contributed by atoms with Crippen LogP contribution >= 0.6 is 0 Å². The molecule has 0 aliphatic rings. The first-order valence-electron chi connectivity index (χ1n) is 5.87. The van der Waals surface area contributed by atoms with Crippen molar-refractivity contribution < 1.29 is 8.42 Å². The number of rotatable bonds is 5. The van der Waals surface area contributed by atoms with Crippen LogP contribution in [0.15, 0.2) is 29.2 Å². The van der Waals surface area contributed by atoms with Crippen LogP contribution in [0.25, 0.3) is 0 Å². The molecule has 0 amide bonds. The van der Waals surface area contributed by atoms with E-state index in [1.165, 1.54) is 4.31 Å². The van der Waals surface area contributed by atoms with E-state index >= 15 is 0 Å². The summed E-state index contributed by atoms with van der Waals surface area (Å²) in [5.41, 5.74) is 0.795. The molecule has 0 atom stereocenters. The van der Waals surface area contributed by atoms with Crippen LogP contribution in [0, 0.1) is 12.8 Å². The maximum atomic E-state index is 12.3. The average Bonchev–Trinajstić information content (AvgIpc) is 2.26. The number of nitrogens with zero attached hydrogens (tertiary/aromatic N) is 1. The van der Waals surface area contributed by atoms with E-state index in [0.29, 0.717) is 17.4 Å². The third-order valence-electron chi connectivity index (χ3n) is 2.80. The zero-order chi connectivity index (χ0) is 13.1. The van der Waals surface area contributed by atoms with Gasteiger partial charge in [-0.05, 0) is 30.9 Å². The lowest BCUT2D eigenvalue weighted by atomic mass is 10.1. The predicted molar refractivity (Wildman–Crippen MR) is 70.4 cm³/mol. The maximum Gasteiger partial charge on any atom is 0.243 e. The Morgan fingerprint density at radius 3 is 2.35 bits per heavy atom. The summed E-state index contributed by atoms with van der Waals surface area (Å²) in [6, 6.07) is 7.10. The SMILES string of the molecule is Cc1ccccc1S(=O)(=O)N(C)CCC(C)C. The molecule has 17 heavy (non-hydrogen) atoms. The number of aryl methyl sites for hydroxylation is 1. The van der Waals surface area contributed by atoms with Gasteiger partial charge in [-0.2, -0.15) is 0 Å². The first-order valence-corrected chi connectivity index (χ1v) is 7.31. The van der Waals surface area contributed by atoms with Gasteiger partial charge in [-0.3, -0.25) is 0 Å². The Kier molecular flexibility index (Phi) is 4.71. The van der Waals surface area contributed by atoms with Crippen molar-refractivity contribution in [1.29, 1.82) is 0 Å². The standard InChI is InChI=1S/C13H21NO2S/c1-11(2)9-10-14(4)17(15,16)13-8-6-5-7-12(13)3/h5-8,11H,9-10H2,1-4H3. The van der Waals surface area contributed by atoms with Crippen LogP contribution in [0.3, 0.4) is 0 Å². The Bertz CT molecular complexity index is 466. The van der Waals surface area contributed by atoms with Crippen LogP contribution in [0.1, 0.15) is 25.8 Å². The summed E-state index contributed by atoms with van der Waals surface area (Å²) in [6.45, 7) is 6.57. The van der Waals surface area contributed by atoms with E-state index in [2.05, 4.69) is 13.8 Å². The average molecular weight is 255 g/mol. The van der Waals surface area contributed by atoms with Gasteiger partial charge < -0.3 is 0 Å². The monoisotopic (exact) mass is 255 g/mol. The summed E-state index contributed by atoms with van der Waals surface area (Å²) in [4.78, 5) is 0.409. The molecule has 0 spiro atoms. The molecule has 0 aliphatic heterocycles. The normalized spacial score (nSPS) is 12.4. The van der Waals surface area contributed by atoms with Gasteiger partial charge in [0.2, 0.25) is 10.0 Å². The molecule has 1 aromatic rings. The molecule has 1 aromatic carbocycles. The van der Waals surface area contributed by atoms with Gasteiger partial charge in [0, 0.05) is 13.6 Å². The van der Waals surface area contributed by atoms with E-state index in [9.17, 15) is 8.42 Å². The molecule has 0 saturated heterocycles. The highest BCUT2D eigenvalue weighted by molar-refractivity contribution is 7.89. The van der Waals surface area contributed by atoms with Gasteiger partial charge in [0.15, 0.2) is 0 Å². The smallest absolute Gasteiger partial charge is 0.207 e. The summed E-state index contributed by atoms with van der Waals surface area (Å²) in [6.07, 6.45) is 0.877. The number of sulfonamides is 1. The van der Waals surface area contributed by atoms with Crippen molar-refractivity contribution in [2.45, 2.75) is 32.1 Å². The highest BCUT2D eigenvalue weighted by Gasteiger charge is 2.21. The van der Waals surface area contributed by atoms with Gasteiger partial charge in [-0.15, -0.1) is 0 Å². The number of benzene rings is 1. The van der Waals surface area contributed by atoms with Crippen molar-refractivity contribution >= 4 is 10.0 Å². The van der Waals surface area contributed by atoms with E-state index in [1.54, 1.807) is 19.2 Å². The Morgan fingerprint density at radius 1 is 1.24 bits per heavy atom. The minimum absolute atomic E-state index is 0.409. The lowest BCUT2D eigenvalue weighted by Gasteiger charge is -2.19. The van der Waals surface area contributed by atoms with Gasteiger partial charge in [-0.1, -0.05) is 32.0 Å². The number of hydrogen-bond acceptors (Lipinski definition) is 2. The largest absolute Gasteiger partial charge is 0.243 e. The Hall–Kier alpha value is -0.870. The third kappa shape index (κ3) is 3.54. The summed E-state index contributed by atoms with van der Waals surface area (Å²) in [5, 5.41) is 0. The molecule has 1 rings (SSSR count). The molecule has 4 heteroatoms. The van der Waals surface area contributed by atoms with E-state index in [-0.39, 0.29) is 0 Å². The second-order valence-corrected chi connectivity index (χ2v) is 6.79. The summed E-state index contributed by atoms with van der Waals surface area (Å²) in [7, 11) is -1.69. The van der Waals surface area contributed by atoms with E-state index in [4.69, 9.17) is 0 Å². The molecule has 0 aliphatic carbocycles. The Morgan fingerprint density at radius 2 is 1.82 bits per heavy atom. The molecule has 0 heterocycles. The molecule has 0 aromatic heterocycles. The highest BCUT2D eigenvalue weighted by atomic mass is 32.2. The van der Waals surface area contributed by atoms with Crippen molar-refractivity contribution in [3.05, 3.63) is 29.8 Å². The van der Waals surface area contributed by atoms with Crippen molar-refractivity contribution in [1.82, 2.24) is 4.31 Å². The second kappa shape index (κ2) is 5.65. The zero-order valence-corrected chi connectivity index (χ0v) is 11.8. The summed E-state index contributed by atoms with van der Waals surface area (Å²) < 4.78 is 26.0. The molecule has 0 radical (unpaired) electrons. The Labute approximate surface area is 105 Å². The van der Waals surface area contributed by atoms with Crippen LogP contribution in [0.4, 0.5) is 0 Å². The van der Waals surface area contributed by atoms with Crippen LogP contribution in [-0.2, 0) is 10.0 Å². The molecular weight excluding hydrogens is 234 g/mol. The minimum atomic E-state index is -3.33.